The van der Waals surface area contributed by atoms with Crippen molar-refractivity contribution in [1.82, 2.24) is 0 Å². The number of ketones is 1. The van der Waals surface area contributed by atoms with Crippen LogP contribution in [0.4, 0.5) is 10.1 Å². The number of fused-ring (bicyclic) bond motifs is 3. The largest absolute Gasteiger partial charge is 0.393 e. The van der Waals surface area contributed by atoms with Crippen molar-refractivity contribution >= 4 is 17.4 Å². The average Bonchev–Trinajstić information content (AvgIpc) is 3.04. The summed E-state index contributed by atoms with van der Waals surface area (Å²) in [5, 5.41) is 23.2. The Morgan fingerprint density at radius 1 is 0.931 bits per heavy atom. The fourth-order valence-electron chi connectivity index (χ4n) is 4.79. The van der Waals surface area contributed by atoms with Crippen LogP contribution in [-0.4, -0.2) is 34.1 Å². The molecule has 3 rings (SSSR count). The van der Waals surface area contributed by atoms with Crippen LogP contribution in [-0.2, 0) is 16.0 Å². The number of hydrogen-bond acceptors (Lipinski definition) is 4. The van der Waals surface area contributed by atoms with Crippen LogP contribution in [0, 0.1) is 17.7 Å². The van der Waals surface area contributed by atoms with Crippen LogP contribution in [0.5, 0.6) is 0 Å². The summed E-state index contributed by atoms with van der Waals surface area (Å²) < 4.78 is 14.1. The molecule has 1 saturated carbocycles. The van der Waals surface area contributed by atoms with Crippen LogP contribution in [0.1, 0.15) is 69.8 Å². The minimum absolute atomic E-state index is 0.00694. The van der Waals surface area contributed by atoms with E-state index in [1.807, 2.05) is 0 Å². The second-order valence-corrected chi connectivity index (χ2v) is 8.63. The van der Waals surface area contributed by atoms with E-state index in [-0.39, 0.29) is 36.2 Å². The van der Waals surface area contributed by atoms with Gasteiger partial charge in [-0.05, 0) is 67.7 Å². The predicted octanol–water partition coefficient (Wildman–Crippen LogP) is 3.76. The van der Waals surface area contributed by atoms with E-state index in [0.29, 0.717) is 24.4 Å². The third kappa shape index (κ3) is 6.09. The molecule has 1 fully saturated rings. The van der Waals surface area contributed by atoms with Gasteiger partial charge >= 0.3 is 0 Å². The predicted molar refractivity (Wildman–Crippen MR) is 109 cm³/mol. The number of halogens is 1. The smallest absolute Gasteiger partial charge is 0.253 e. The molecule has 2 aliphatic rings. The molecule has 29 heavy (non-hydrogen) atoms. The van der Waals surface area contributed by atoms with Crippen LogP contribution in [0.3, 0.4) is 0 Å². The molecule has 1 amide bonds. The number of aliphatic hydroxyl groups excluding tert-OH is 2. The van der Waals surface area contributed by atoms with Gasteiger partial charge in [0.15, 0.2) is 0 Å². The third-order valence-electron chi connectivity index (χ3n) is 6.49. The first-order chi connectivity index (χ1) is 13.9. The Morgan fingerprint density at radius 2 is 1.72 bits per heavy atom. The Kier molecular flexibility index (Phi) is 7.78. The van der Waals surface area contributed by atoms with Gasteiger partial charge in [-0.15, -0.1) is 0 Å². The number of anilines is 1. The molecule has 6 heteroatoms. The second kappa shape index (κ2) is 10.3. The van der Waals surface area contributed by atoms with Crippen molar-refractivity contribution in [3.8, 4) is 0 Å². The molecule has 4 unspecified atom stereocenters. The van der Waals surface area contributed by atoms with Crippen LogP contribution in [0.25, 0.3) is 0 Å². The molecule has 0 aromatic heterocycles. The minimum Gasteiger partial charge on any atom is -0.393 e. The summed E-state index contributed by atoms with van der Waals surface area (Å²) >= 11 is 0. The molecule has 1 aromatic rings. The lowest BCUT2D eigenvalue weighted by Crippen LogP contribution is -2.30. The molecule has 3 N–H and O–H groups in total. The molecule has 0 radical (unpaired) electrons. The zero-order valence-corrected chi connectivity index (χ0v) is 16.9. The van der Waals surface area contributed by atoms with Crippen LogP contribution in [0.15, 0.2) is 18.2 Å². The highest BCUT2D eigenvalue weighted by Crippen LogP contribution is 2.39. The number of rotatable bonds is 0. The zero-order valence-electron chi connectivity index (χ0n) is 16.9. The normalized spacial score (nSPS) is 30.2. The van der Waals surface area contributed by atoms with Crippen molar-refractivity contribution in [2.24, 2.45) is 11.8 Å². The fourth-order valence-corrected chi connectivity index (χ4v) is 4.79. The average molecular weight is 406 g/mol. The van der Waals surface area contributed by atoms with E-state index in [0.717, 1.165) is 44.9 Å². The van der Waals surface area contributed by atoms with Gasteiger partial charge in [0, 0.05) is 18.5 Å². The molecule has 160 valence electrons. The summed E-state index contributed by atoms with van der Waals surface area (Å²) in [6, 6.07) is 4.14. The van der Waals surface area contributed by atoms with E-state index < -0.39 is 17.8 Å². The molecular weight excluding hydrogens is 373 g/mol. The molecular formula is C23H32FNO4. The number of carbonyl (C=O) groups is 2. The number of nitrogens with one attached hydrogen (secondary N) is 1. The maximum Gasteiger partial charge on any atom is 0.253 e. The van der Waals surface area contributed by atoms with Gasteiger partial charge in [-0.2, -0.15) is 0 Å². The van der Waals surface area contributed by atoms with Crippen LogP contribution < -0.4 is 5.32 Å². The van der Waals surface area contributed by atoms with Gasteiger partial charge in [-0.1, -0.05) is 25.7 Å². The monoisotopic (exact) mass is 405 g/mol. The van der Waals surface area contributed by atoms with E-state index in [4.69, 9.17) is 0 Å². The SMILES string of the molecule is O=C1CCCCCCC2CCC(O)C2CCC(O)C(=O)Nc2ccc(F)c(c2)C1. The number of aliphatic hydroxyl groups is 2. The van der Waals surface area contributed by atoms with Gasteiger partial charge in [0.1, 0.15) is 17.7 Å². The van der Waals surface area contributed by atoms with E-state index in [1.54, 1.807) is 0 Å². The molecule has 4 atom stereocenters. The first kappa shape index (κ1) is 21.9. The molecule has 1 aliphatic heterocycles. The molecule has 1 aliphatic carbocycles. The first-order valence-electron chi connectivity index (χ1n) is 10.9. The summed E-state index contributed by atoms with van der Waals surface area (Å²) in [5.74, 6) is -0.463. The van der Waals surface area contributed by atoms with Gasteiger partial charge in [0.05, 0.1) is 6.10 Å². The lowest BCUT2D eigenvalue weighted by molar-refractivity contribution is -0.124. The number of Topliss-reactive ketones (excluding diaryl/α,β-unsaturated/α-hetero) is 1. The van der Waals surface area contributed by atoms with Crippen LogP contribution in [0.2, 0.25) is 0 Å². The standard InChI is InChI=1S/C23H32FNO4/c24-20-10-8-17-13-16(20)14-18(26)6-4-2-1-3-5-15-7-11-21(27)19(15)9-12-22(28)23(29)25-17/h8,10,13,15,19,21-22,27-28H,1-7,9,11-12,14H2,(H,25,29). The molecule has 2 bridgehead atoms. The maximum atomic E-state index is 14.1. The number of benzene rings is 1. The van der Waals surface area contributed by atoms with E-state index in [1.165, 1.54) is 18.2 Å². The zero-order chi connectivity index (χ0) is 20.8. The van der Waals surface area contributed by atoms with Gasteiger partial charge in [-0.3, -0.25) is 9.59 Å². The fraction of sp³-hybridized carbons (Fsp3) is 0.652. The van der Waals surface area contributed by atoms with Gasteiger partial charge < -0.3 is 15.5 Å². The van der Waals surface area contributed by atoms with Gasteiger partial charge in [0.25, 0.3) is 5.91 Å². The quantitative estimate of drug-likeness (QED) is 0.613. The first-order valence-corrected chi connectivity index (χ1v) is 10.9. The van der Waals surface area contributed by atoms with E-state index >= 15 is 0 Å². The Bertz CT molecular complexity index is 723. The van der Waals surface area contributed by atoms with Crippen molar-refractivity contribution in [3.05, 3.63) is 29.6 Å². The Morgan fingerprint density at radius 3 is 2.55 bits per heavy atom. The summed E-state index contributed by atoms with van der Waals surface area (Å²) in [6.45, 7) is 0. The summed E-state index contributed by atoms with van der Waals surface area (Å²) in [6.07, 6.45) is 6.49. The van der Waals surface area contributed by atoms with Crippen molar-refractivity contribution in [2.45, 2.75) is 82.8 Å². The second-order valence-electron chi connectivity index (χ2n) is 8.63. The van der Waals surface area contributed by atoms with Gasteiger partial charge in [0.2, 0.25) is 0 Å². The highest BCUT2D eigenvalue weighted by Gasteiger charge is 2.34. The van der Waals surface area contributed by atoms with E-state index in [2.05, 4.69) is 5.32 Å². The lowest BCUT2D eigenvalue weighted by atomic mass is 9.85. The number of amides is 1. The van der Waals surface area contributed by atoms with Crippen LogP contribution >= 0.6 is 0 Å². The highest BCUT2D eigenvalue weighted by atomic mass is 19.1. The molecule has 0 spiro atoms. The topological polar surface area (TPSA) is 86.6 Å². The van der Waals surface area contributed by atoms with E-state index in [9.17, 15) is 24.2 Å². The van der Waals surface area contributed by atoms with Crippen molar-refractivity contribution in [3.63, 3.8) is 0 Å². The summed E-state index contributed by atoms with van der Waals surface area (Å²) in [4.78, 5) is 24.6. The molecule has 0 saturated heterocycles. The van der Waals surface area contributed by atoms with Crippen molar-refractivity contribution in [2.75, 3.05) is 5.32 Å². The summed E-state index contributed by atoms with van der Waals surface area (Å²) in [5.41, 5.74) is 0.637. The van der Waals surface area contributed by atoms with Gasteiger partial charge in [-0.25, -0.2) is 4.39 Å². The van der Waals surface area contributed by atoms with Crippen molar-refractivity contribution in [1.29, 1.82) is 0 Å². The minimum atomic E-state index is -1.18. The molecule has 5 nitrogen and oxygen atoms in total. The lowest BCUT2D eigenvalue weighted by Gasteiger charge is -2.23. The maximum absolute atomic E-state index is 14.1. The molecule has 1 heterocycles. The number of carbonyl (C=O) groups excluding carboxylic acids is 2. The Balaban J connectivity index is 1.72. The Labute approximate surface area is 171 Å². The highest BCUT2D eigenvalue weighted by molar-refractivity contribution is 5.94. The summed E-state index contributed by atoms with van der Waals surface area (Å²) in [7, 11) is 0. The molecule has 1 aromatic carbocycles. The number of hydrogen-bond donors (Lipinski definition) is 3. The van der Waals surface area contributed by atoms with Crippen molar-refractivity contribution < 1.29 is 24.2 Å². The third-order valence-corrected chi connectivity index (χ3v) is 6.49. The Hall–Kier alpha value is -1.79.